The second-order valence-corrected chi connectivity index (χ2v) is 6.29. The van der Waals surface area contributed by atoms with Crippen LogP contribution in [0.3, 0.4) is 0 Å². The molecule has 2 rings (SSSR count). The number of aromatic nitrogens is 1. The number of sulfonamides is 1. The summed E-state index contributed by atoms with van der Waals surface area (Å²) in [5.41, 5.74) is 1.41. The van der Waals surface area contributed by atoms with Gasteiger partial charge in [0.1, 0.15) is 0 Å². The Hall–Kier alpha value is -2.85. The molecule has 0 aliphatic heterocycles. The highest BCUT2D eigenvalue weighted by atomic mass is 32.2. The van der Waals surface area contributed by atoms with Crippen molar-refractivity contribution in [3.8, 4) is 0 Å². The van der Waals surface area contributed by atoms with Crippen molar-refractivity contribution in [2.75, 3.05) is 11.9 Å². The number of nitrogens with two attached hydrogens (primary N) is 2. The van der Waals surface area contributed by atoms with Gasteiger partial charge < -0.3 is 11.2 Å². The van der Waals surface area contributed by atoms with Crippen molar-refractivity contribution in [2.24, 2.45) is 21.3 Å². The lowest BCUT2D eigenvalue weighted by Crippen LogP contribution is -2.20. The van der Waals surface area contributed by atoms with Crippen molar-refractivity contribution in [3.05, 3.63) is 53.7 Å². The maximum Gasteiger partial charge on any atom is 0.256 e. The SMILES string of the molecule is N=C(N=NN)c1c(NCCc2ccccc2)ccnc1S(N)(=O)=O. The van der Waals surface area contributed by atoms with Gasteiger partial charge in [-0.1, -0.05) is 35.6 Å². The maximum absolute atomic E-state index is 11.7. The molecule has 1 heterocycles. The molecule has 0 unspecified atom stereocenters. The molecule has 0 radical (unpaired) electrons. The highest BCUT2D eigenvalue weighted by Gasteiger charge is 2.22. The van der Waals surface area contributed by atoms with Gasteiger partial charge in [-0.25, -0.2) is 18.5 Å². The Morgan fingerprint density at radius 3 is 2.58 bits per heavy atom. The molecule has 0 saturated carbocycles. The van der Waals surface area contributed by atoms with Crippen LogP contribution in [0.15, 0.2) is 58.0 Å². The zero-order valence-corrected chi connectivity index (χ0v) is 13.5. The molecule has 126 valence electrons. The zero-order chi connectivity index (χ0) is 17.6. The number of benzene rings is 1. The van der Waals surface area contributed by atoms with Gasteiger partial charge in [0.25, 0.3) is 10.0 Å². The first-order chi connectivity index (χ1) is 11.4. The Kier molecular flexibility index (Phi) is 5.55. The van der Waals surface area contributed by atoms with E-state index in [-0.39, 0.29) is 5.56 Å². The number of nitrogens with one attached hydrogen (secondary N) is 2. The molecule has 6 N–H and O–H groups in total. The van der Waals surface area contributed by atoms with Crippen LogP contribution in [0.4, 0.5) is 5.69 Å². The van der Waals surface area contributed by atoms with Crippen LogP contribution in [0.5, 0.6) is 0 Å². The molecule has 2 aromatic rings. The van der Waals surface area contributed by atoms with E-state index in [1.54, 1.807) is 0 Å². The first kappa shape index (κ1) is 17.5. The van der Waals surface area contributed by atoms with Gasteiger partial charge in [0.15, 0.2) is 10.9 Å². The molecule has 0 fully saturated rings. The molecule has 0 bridgehead atoms. The highest BCUT2D eigenvalue weighted by Crippen LogP contribution is 2.22. The molecule has 0 atom stereocenters. The van der Waals surface area contributed by atoms with E-state index in [1.165, 1.54) is 12.3 Å². The van der Waals surface area contributed by atoms with Gasteiger partial charge >= 0.3 is 0 Å². The molecular formula is C14H17N7O2S. The average Bonchev–Trinajstić information content (AvgIpc) is 2.55. The van der Waals surface area contributed by atoms with E-state index in [0.717, 1.165) is 5.56 Å². The van der Waals surface area contributed by atoms with Gasteiger partial charge in [0, 0.05) is 18.4 Å². The van der Waals surface area contributed by atoms with E-state index < -0.39 is 20.9 Å². The van der Waals surface area contributed by atoms with Crippen molar-refractivity contribution in [1.29, 1.82) is 5.41 Å². The number of amidine groups is 1. The standard InChI is InChI=1S/C14H17N7O2S/c15-13(20-21-16)12-11(7-9-19-14(12)24(17,22)23)18-8-6-10-4-2-1-3-5-10/h1-5,7,9H,6,8H2,(H,18,19)(H3,15,16,20)(H2,17,22,23). The average molecular weight is 347 g/mol. The van der Waals surface area contributed by atoms with Crippen molar-refractivity contribution < 1.29 is 8.42 Å². The predicted octanol–water partition coefficient (Wildman–Crippen LogP) is 1.03. The number of hydrogen-bond donors (Lipinski definition) is 4. The summed E-state index contributed by atoms with van der Waals surface area (Å²) in [5.74, 6) is 4.50. The summed E-state index contributed by atoms with van der Waals surface area (Å²) in [6.07, 6.45) is 2.00. The number of anilines is 1. The van der Waals surface area contributed by atoms with Gasteiger partial charge in [-0.2, -0.15) is 0 Å². The number of nitrogens with zero attached hydrogens (tertiary/aromatic N) is 3. The minimum atomic E-state index is -4.13. The fraction of sp³-hybridized carbons (Fsp3) is 0.143. The van der Waals surface area contributed by atoms with Crippen LogP contribution in [-0.4, -0.2) is 25.8 Å². The summed E-state index contributed by atoms with van der Waals surface area (Å²) in [6.45, 7) is 0.512. The van der Waals surface area contributed by atoms with Gasteiger partial charge in [-0.3, -0.25) is 5.41 Å². The fourth-order valence-corrected chi connectivity index (χ4v) is 2.83. The number of pyridine rings is 1. The summed E-state index contributed by atoms with van der Waals surface area (Å²) in [7, 11) is -4.13. The predicted molar refractivity (Wildman–Crippen MR) is 90.1 cm³/mol. The van der Waals surface area contributed by atoms with Crippen molar-refractivity contribution in [1.82, 2.24) is 4.98 Å². The lowest BCUT2D eigenvalue weighted by Gasteiger charge is -2.13. The van der Waals surface area contributed by atoms with Crippen LogP contribution in [0, 0.1) is 5.41 Å². The normalized spacial score (nSPS) is 11.5. The van der Waals surface area contributed by atoms with Crippen LogP contribution < -0.4 is 16.3 Å². The summed E-state index contributed by atoms with van der Waals surface area (Å²) >= 11 is 0. The zero-order valence-electron chi connectivity index (χ0n) is 12.7. The monoisotopic (exact) mass is 347 g/mol. The highest BCUT2D eigenvalue weighted by molar-refractivity contribution is 7.89. The molecule has 1 aromatic heterocycles. The van der Waals surface area contributed by atoms with Crippen LogP contribution in [0.1, 0.15) is 11.1 Å². The summed E-state index contributed by atoms with van der Waals surface area (Å²) in [6, 6.07) is 11.3. The van der Waals surface area contributed by atoms with Gasteiger partial charge in [0.2, 0.25) is 0 Å². The third-order valence-corrected chi connectivity index (χ3v) is 4.00. The summed E-state index contributed by atoms with van der Waals surface area (Å²) in [4.78, 5) is 3.74. The Morgan fingerprint density at radius 2 is 1.96 bits per heavy atom. The Morgan fingerprint density at radius 1 is 1.25 bits per heavy atom. The van der Waals surface area contributed by atoms with Gasteiger partial charge in [-0.05, 0) is 18.1 Å². The van der Waals surface area contributed by atoms with Crippen LogP contribution in [0.25, 0.3) is 0 Å². The molecule has 0 saturated heterocycles. The van der Waals surface area contributed by atoms with E-state index >= 15 is 0 Å². The van der Waals surface area contributed by atoms with E-state index in [4.69, 9.17) is 16.4 Å². The maximum atomic E-state index is 11.7. The van der Waals surface area contributed by atoms with Crippen molar-refractivity contribution in [2.45, 2.75) is 11.4 Å². The quantitative estimate of drug-likeness (QED) is 0.201. The summed E-state index contributed by atoms with van der Waals surface area (Å²) < 4.78 is 23.4. The second kappa shape index (κ2) is 7.62. The Bertz CT molecular complexity index is 851. The third-order valence-electron chi connectivity index (χ3n) is 3.15. The van der Waals surface area contributed by atoms with E-state index in [2.05, 4.69) is 20.6 Å². The molecule has 0 spiro atoms. The van der Waals surface area contributed by atoms with E-state index in [1.807, 2.05) is 30.3 Å². The number of rotatable bonds is 6. The minimum absolute atomic E-state index is 0.0674. The first-order valence-corrected chi connectivity index (χ1v) is 8.47. The molecule has 9 nitrogen and oxygen atoms in total. The second-order valence-electron chi connectivity index (χ2n) is 4.81. The van der Waals surface area contributed by atoms with Crippen molar-refractivity contribution >= 4 is 21.5 Å². The number of primary sulfonamides is 1. The van der Waals surface area contributed by atoms with E-state index in [9.17, 15) is 8.42 Å². The molecule has 0 aliphatic carbocycles. The van der Waals surface area contributed by atoms with Crippen molar-refractivity contribution in [3.63, 3.8) is 0 Å². The summed E-state index contributed by atoms with van der Waals surface area (Å²) in [5, 5.41) is 22.0. The lowest BCUT2D eigenvalue weighted by molar-refractivity contribution is 0.594. The molecule has 0 aliphatic rings. The van der Waals surface area contributed by atoms with Crippen LogP contribution in [0.2, 0.25) is 0 Å². The van der Waals surface area contributed by atoms with Crippen LogP contribution in [-0.2, 0) is 16.4 Å². The molecule has 24 heavy (non-hydrogen) atoms. The van der Waals surface area contributed by atoms with Gasteiger partial charge in [0.05, 0.1) is 5.56 Å². The smallest absolute Gasteiger partial charge is 0.256 e. The van der Waals surface area contributed by atoms with E-state index in [0.29, 0.717) is 18.7 Å². The first-order valence-electron chi connectivity index (χ1n) is 6.93. The molecular weight excluding hydrogens is 330 g/mol. The largest absolute Gasteiger partial charge is 0.384 e. The molecule has 1 aromatic carbocycles. The Balaban J connectivity index is 2.30. The fourth-order valence-electron chi connectivity index (χ4n) is 2.13. The Labute approximate surface area is 139 Å². The van der Waals surface area contributed by atoms with Crippen LogP contribution >= 0.6 is 0 Å². The molecule has 0 amide bonds. The minimum Gasteiger partial charge on any atom is -0.384 e. The third kappa shape index (κ3) is 4.33. The topological polar surface area (TPSA) is 160 Å². The molecule has 10 heteroatoms. The number of hydrogen-bond acceptors (Lipinski definition) is 6. The van der Waals surface area contributed by atoms with Gasteiger partial charge in [-0.15, -0.1) is 5.11 Å². The lowest BCUT2D eigenvalue weighted by atomic mass is 10.1.